The summed E-state index contributed by atoms with van der Waals surface area (Å²) in [6.45, 7) is 1.76. The fourth-order valence-electron chi connectivity index (χ4n) is 2.16. The van der Waals surface area contributed by atoms with E-state index in [4.69, 9.17) is 23.2 Å². The molecule has 0 amide bonds. The predicted molar refractivity (Wildman–Crippen MR) is 103 cm³/mol. The molecule has 3 nitrogen and oxygen atoms in total. The Hall–Kier alpha value is -1.81. The van der Waals surface area contributed by atoms with Crippen molar-refractivity contribution in [2.75, 3.05) is 32.5 Å². The lowest BCUT2D eigenvalue weighted by molar-refractivity contribution is 0.104. The molecule has 24 heavy (non-hydrogen) atoms. The lowest BCUT2D eigenvalue weighted by Crippen LogP contribution is -2.21. The number of anilines is 1. The SMILES string of the molecule is CN(C)CCNc1ccccc1/C=C/C(=O)c1ccc(Cl)cc1Cl. The van der Waals surface area contributed by atoms with Gasteiger partial charge in [0.1, 0.15) is 0 Å². The summed E-state index contributed by atoms with van der Waals surface area (Å²) in [6.07, 6.45) is 3.33. The Balaban J connectivity index is 2.12. The molecule has 5 heteroatoms. The van der Waals surface area contributed by atoms with Crippen molar-refractivity contribution in [1.29, 1.82) is 0 Å². The van der Waals surface area contributed by atoms with Crippen LogP contribution in [0.25, 0.3) is 6.08 Å². The van der Waals surface area contributed by atoms with E-state index in [0.717, 1.165) is 24.3 Å². The van der Waals surface area contributed by atoms with E-state index in [1.54, 1.807) is 24.3 Å². The van der Waals surface area contributed by atoms with Crippen molar-refractivity contribution in [3.05, 3.63) is 69.7 Å². The largest absolute Gasteiger partial charge is 0.383 e. The van der Waals surface area contributed by atoms with E-state index in [1.807, 2.05) is 38.4 Å². The van der Waals surface area contributed by atoms with Gasteiger partial charge in [-0.05, 0) is 56.1 Å². The molecule has 0 aliphatic rings. The van der Waals surface area contributed by atoms with E-state index in [9.17, 15) is 4.79 Å². The second-order valence-electron chi connectivity index (χ2n) is 5.64. The van der Waals surface area contributed by atoms with Crippen LogP contribution in [0.1, 0.15) is 15.9 Å². The molecule has 0 spiro atoms. The second-order valence-corrected chi connectivity index (χ2v) is 6.48. The fraction of sp³-hybridized carbons (Fsp3) is 0.211. The van der Waals surface area contributed by atoms with Crippen LogP contribution in [0.3, 0.4) is 0 Å². The minimum atomic E-state index is -0.153. The number of carbonyl (C=O) groups excluding carboxylic acids is 1. The van der Waals surface area contributed by atoms with Crippen molar-refractivity contribution in [2.45, 2.75) is 0 Å². The number of hydrogen-bond acceptors (Lipinski definition) is 3. The number of ketones is 1. The number of rotatable bonds is 7. The quantitative estimate of drug-likeness (QED) is 0.563. The number of halogens is 2. The summed E-state index contributed by atoms with van der Waals surface area (Å²) in [5.41, 5.74) is 2.38. The molecule has 0 bridgehead atoms. The van der Waals surface area contributed by atoms with Crippen molar-refractivity contribution < 1.29 is 4.79 Å². The van der Waals surface area contributed by atoms with E-state index >= 15 is 0 Å². The highest BCUT2D eigenvalue weighted by Gasteiger charge is 2.08. The molecule has 0 aromatic heterocycles. The molecule has 2 aromatic carbocycles. The van der Waals surface area contributed by atoms with Gasteiger partial charge in [0.25, 0.3) is 0 Å². The number of nitrogens with zero attached hydrogens (tertiary/aromatic N) is 1. The Bertz CT molecular complexity index is 742. The number of benzene rings is 2. The zero-order chi connectivity index (χ0) is 17.5. The molecule has 0 radical (unpaired) electrons. The Morgan fingerprint density at radius 3 is 2.62 bits per heavy atom. The van der Waals surface area contributed by atoms with E-state index in [0.29, 0.717) is 15.6 Å². The van der Waals surface area contributed by atoms with Crippen LogP contribution in [0.4, 0.5) is 5.69 Å². The van der Waals surface area contributed by atoms with Crippen LogP contribution in [-0.2, 0) is 0 Å². The monoisotopic (exact) mass is 362 g/mol. The lowest BCUT2D eigenvalue weighted by atomic mass is 10.1. The predicted octanol–water partition coefficient (Wildman–Crippen LogP) is 4.86. The van der Waals surface area contributed by atoms with E-state index < -0.39 is 0 Å². The highest BCUT2D eigenvalue weighted by molar-refractivity contribution is 6.37. The average molecular weight is 363 g/mol. The molecule has 0 heterocycles. The zero-order valence-corrected chi connectivity index (χ0v) is 15.2. The van der Waals surface area contributed by atoms with Gasteiger partial charge >= 0.3 is 0 Å². The molecule has 0 saturated carbocycles. The van der Waals surface area contributed by atoms with Gasteiger partial charge in [-0.1, -0.05) is 41.4 Å². The molecule has 2 rings (SSSR count). The average Bonchev–Trinajstić information content (AvgIpc) is 2.53. The van der Waals surface area contributed by atoms with Crippen LogP contribution in [-0.4, -0.2) is 37.9 Å². The molecular formula is C19H20Cl2N2O. The lowest BCUT2D eigenvalue weighted by Gasteiger charge is -2.13. The first-order valence-electron chi connectivity index (χ1n) is 7.62. The van der Waals surface area contributed by atoms with Crippen LogP contribution in [0.15, 0.2) is 48.5 Å². The van der Waals surface area contributed by atoms with Gasteiger partial charge in [0.15, 0.2) is 5.78 Å². The Morgan fingerprint density at radius 1 is 1.17 bits per heavy atom. The van der Waals surface area contributed by atoms with E-state index in [1.165, 1.54) is 6.08 Å². The number of hydrogen-bond donors (Lipinski definition) is 1. The fourth-order valence-corrected chi connectivity index (χ4v) is 2.66. The minimum absolute atomic E-state index is 0.153. The van der Waals surface area contributed by atoms with Gasteiger partial charge in [0.2, 0.25) is 0 Å². The van der Waals surface area contributed by atoms with E-state index in [-0.39, 0.29) is 5.78 Å². The standard InChI is InChI=1S/C19H20Cl2N2O/c1-23(2)12-11-22-18-6-4-3-5-14(18)7-10-19(24)16-9-8-15(20)13-17(16)21/h3-10,13,22H,11-12H2,1-2H3/b10-7+. The molecule has 0 aliphatic carbocycles. The first-order valence-corrected chi connectivity index (χ1v) is 8.38. The molecule has 0 aliphatic heterocycles. The molecule has 0 atom stereocenters. The molecule has 1 N–H and O–H groups in total. The van der Waals surface area contributed by atoms with Crippen LogP contribution in [0.5, 0.6) is 0 Å². The number of carbonyl (C=O) groups is 1. The third-order valence-corrected chi connectivity index (χ3v) is 3.99. The Kier molecular flexibility index (Phi) is 6.85. The summed E-state index contributed by atoms with van der Waals surface area (Å²) in [6, 6.07) is 12.7. The van der Waals surface area contributed by atoms with Gasteiger partial charge in [-0.2, -0.15) is 0 Å². The number of nitrogens with one attached hydrogen (secondary N) is 1. The summed E-state index contributed by atoms with van der Waals surface area (Å²) in [5.74, 6) is -0.153. The Morgan fingerprint density at radius 2 is 1.92 bits per heavy atom. The molecule has 0 fully saturated rings. The minimum Gasteiger partial charge on any atom is -0.383 e. The third kappa shape index (κ3) is 5.38. The smallest absolute Gasteiger partial charge is 0.187 e. The maximum Gasteiger partial charge on any atom is 0.187 e. The summed E-state index contributed by atoms with van der Waals surface area (Å²) < 4.78 is 0. The molecule has 0 unspecified atom stereocenters. The van der Waals surface area contributed by atoms with Gasteiger partial charge in [0.05, 0.1) is 5.02 Å². The van der Waals surface area contributed by atoms with Gasteiger partial charge in [-0.15, -0.1) is 0 Å². The maximum atomic E-state index is 12.3. The summed E-state index contributed by atoms with van der Waals surface area (Å²) in [5, 5.41) is 4.25. The van der Waals surface area contributed by atoms with Crippen molar-refractivity contribution >= 4 is 40.7 Å². The topological polar surface area (TPSA) is 32.3 Å². The van der Waals surface area contributed by atoms with Crippen molar-refractivity contribution in [3.8, 4) is 0 Å². The summed E-state index contributed by atoms with van der Waals surface area (Å²) in [7, 11) is 4.06. The summed E-state index contributed by atoms with van der Waals surface area (Å²) in [4.78, 5) is 14.4. The van der Waals surface area contributed by atoms with Crippen LogP contribution in [0, 0.1) is 0 Å². The van der Waals surface area contributed by atoms with Gasteiger partial charge in [-0.25, -0.2) is 0 Å². The molecule has 126 valence electrons. The van der Waals surface area contributed by atoms with Gasteiger partial charge < -0.3 is 10.2 Å². The third-order valence-electron chi connectivity index (χ3n) is 3.45. The second kappa shape index (κ2) is 8.88. The molecular weight excluding hydrogens is 343 g/mol. The highest BCUT2D eigenvalue weighted by Crippen LogP contribution is 2.22. The van der Waals surface area contributed by atoms with Crippen molar-refractivity contribution in [1.82, 2.24) is 4.90 Å². The summed E-state index contributed by atoms with van der Waals surface area (Å²) >= 11 is 11.9. The van der Waals surface area contributed by atoms with Crippen LogP contribution in [0.2, 0.25) is 10.0 Å². The normalized spacial score (nSPS) is 11.2. The number of allylic oxidation sites excluding steroid dienone is 1. The zero-order valence-electron chi connectivity index (χ0n) is 13.7. The van der Waals surface area contributed by atoms with Gasteiger partial charge in [-0.3, -0.25) is 4.79 Å². The maximum absolute atomic E-state index is 12.3. The van der Waals surface area contributed by atoms with Crippen LogP contribution < -0.4 is 5.32 Å². The number of para-hydroxylation sites is 1. The van der Waals surface area contributed by atoms with Crippen LogP contribution >= 0.6 is 23.2 Å². The van der Waals surface area contributed by atoms with E-state index in [2.05, 4.69) is 10.2 Å². The number of likely N-dealkylation sites (N-methyl/N-ethyl adjacent to an activating group) is 1. The van der Waals surface area contributed by atoms with Gasteiger partial charge in [0, 0.05) is 29.4 Å². The highest BCUT2D eigenvalue weighted by atomic mass is 35.5. The Labute approximate surface area is 152 Å². The first-order chi connectivity index (χ1) is 11.5. The van der Waals surface area contributed by atoms with Crippen molar-refractivity contribution in [2.24, 2.45) is 0 Å². The van der Waals surface area contributed by atoms with Crippen molar-refractivity contribution in [3.63, 3.8) is 0 Å². The molecule has 2 aromatic rings. The molecule has 0 saturated heterocycles. The first kappa shape index (κ1) is 18.5.